The molecule has 92 valence electrons. The molecule has 2 nitrogen and oxygen atoms in total. The van der Waals surface area contributed by atoms with E-state index in [1.54, 1.807) is 12.1 Å². The number of anilines is 1. The summed E-state index contributed by atoms with van der Waals surface area (Å²) in [5.74, 6) is -0.341. The number of halogens is 2. The van der Waals surface area contributed by atoms with Crippen LogP contribution in [0.1, 0.15) is 6.42 Å². The van der Waals surface area contributed by atoms with E-state index in [-0.39, 0.29) is 0 Å². The molecule has 2 unspecified atom stereocenters. The highest BCUT2D eigenvalue weighted by atomic mass is 19.2. The average Bonchev–Trinajstić information content (AvgIpc) is 2.32. The smallest absolute Gasteiger partial charge is 0.182 e. The molecular formula is C13H16F2N2. The number of benzene rings is 1. The Morgan fingerprint density at radius 3 is 2.53 bits per heavy atom. The maximum Gasteiger partial charge on any atom is 0.182 e. The Morgan fingerprint density at radius 2 is 1.82 bits per heavy atom. The molecular weight excluding hydrogens is 222 g/mol. The second kappa shape index (κ2) is 4.26. The van der Waals surface area contributed by atoms with Crippen molar-refractivity contribution in [2.24, 2.45) is 11.8 Å². The number of piperidine rings is 2. The fourth-order valence-corrected chi connectivity index (χ4v) is 3.04. The number of nitrogens with one attached hydrogen (secondary N) is 1. The van der Waals surface area contributed by atoms with E-state index < -0.39 is 11.6 Å². The predicted molar refractivity (Wildman–Crippen MR) is 63.0 cm³/mol. The molecule has 2 atom stereocenters. The SMILES string of the molecule is Fc1cccc(N2CC3CNCC(C3)C2)c1F. The monoisotopic (exact) mass is 238 g/mol. The Morgan fingerprint density at radius 1 is 1.12 bits per heavy atom. The Labute approximate surface area is 99.6 Å². The van der Waals surface area contributed by atoms with Crippen LogP contribution in [0.4, 0.5) is 14.5 Å². The molecule has 0 aromatic heterocycles. The van der Waals surface area contributed by atoms with Crippen molar-refractivity contribution in [2.45, 2.75) is 6.42 Å². The van der Waals surface area contributed by atoms with Crippen molar-refractivity contribution in [3.63, 3.8) is 0 Å². The summed E-state index contributed by atoms with van der Waals surface area (Å²) in [5.41, 5.74) is 0.418. The molecule has 2 heterocycles. The van der Waals surface area contributed by atoms with Crippen LogP contribution in [0.15, 0.2) is 18.2 Å². The zero-order valence-electron chi connectivity index (χ0n) is 9.63. The van der Waals surface area contributed by atoms with Crippen LogP contribution in [-0.4, -0.2) is 26.2 Å². The van der Waals surface area contributed by atoms with Crippen LogP contribution < -0.4 is 10.2 Å². The molecule has 17 heavy (non-hydrogen) atoms. The highest BCUT2D eigenvalue weighted by Gasteiger charge is 2.31. The van der Waals surface area contributed by atoms with Gasteiger partial charge in [0.2, 0.25) is 0 Å². The van der Waals surface area contributed by atoms with Gasteiger partial charge < -0.3 is 10.2 Å². The van der Waals surface area contributed by atoms with Crippen molar-refractivity contribution in [3.05, 3.63) is 29.8 Å². The van der Waals surface area contributed by atoms with Crippen LogP contribution in [0.3, 0.4) is 0 Å². The van der Waals surface area contributed by atoms with Crippen molar-refractivity contribution in [1.82, 2.24) is 5.32 Å². The summed E-state index contributed by atoms with van der Waals surface area (Å²) in [4.78, 5) is 2.00. The predicted octanol–water partition coefficient (Wildman–Crippen LogP) is 2.01. The van der Waals surface area contributed by atoms with Crippen molar-refractivity contribution in [3.8, 4) is 0 Å². The third-order valence-corrected chi connectivity index (χ3v) is 3.76. The van der Waals surface area contributed by atoms with Gasteiger partial charge in [0, 0.05) is 13.1 Å². The van der Waals surface area contributed by atoms with Crippen molar-refractivity contribution < 1.29 is 8.78 Å². The summed E-state index contributed by atoms with van der Waals surface area (Å²) in [6, 6.07) is 4.43. The van der Waals surface area contributed by atoms with E-state index in [0.717, 1.165) is 26.2 Å². The van der Waals surface area contributed by atoms with Gasteiger partial charge in [-0.3, -0.25) is 0 Å². The van der Waals surface area contributed by atoms with E-state index in [1.165, 1.54) is 12.5 Å². The Bertz CT molecular complexity index is 410. The average molecular weight is 238 g/mol. The van der Waals surface area contributed by atoms with E-state index in [0.29, 0.717) is 17.5 Å². The first kappa shape index (κ1) is 11.0. The summed E-state index contributed by atoms with van der Waals surface area (Å²) >= 11 is 0. The number of nitrogens with zero attached hydrogens (tertiary/aromatic N) is 1. The lowest BCUT2D eigenvalue weighted by molar-refractivity contribution is 0.248. The largest absolute Gasteiger partial charge is 0.368 e. The molecule has 0 spiro atoms. The number of rotatable bonds is 1. The first-order chi connectivity index (χ1) is 8.24. The zero-order valence-corrected chi connectivity index (χ0v) is 9.63. The third kappa shape index (κ3) is 2.02. The highest BCUT2D eigenvalue weighted by molar-refractivity contribution is 5.48. The molecule has 3 rings (SSSR count). The molecule has 1 aromatic rings. The van der Waals surface area contributed by atoms with Crippen LogP contribution >= 0.6 is 0 Å². The molecule has 2 saturated heterocycles. The second-order valence-electron chi connectivity index (χ2n) is 5.10. The minimum Gasteiger partial charge on any atom is -0.368 e. The molecule has 2 fully saturated rings. The van der Waals surface area contributed by atoms with Crippen LogP contribution in [0.2, 0.25) is 0 Å². The summed E-state index contributed by atoms with van der Waals surface area (Å²) in [6.07, 6.45) is 1.21. The van der Waals surface area contributed by atoms with E-state index >= 15 is 0 Å². The summed E-state index contributed by atoms with van der Waals surface area (Å²) in [7, 11) is 0. The van der Waals surface area contributed by atoms with Crippen LogP contribution in [-0.2, 0) is 0 Å². The quantitative estimate of drug-likeness (QED) is 0.805. The summed E-state index contributed by atoms with van der Waals surface area (Å²) in [6.45, 7) is 3.63. The minimum absolute atomic E-state index is 0.418. The standard InChI is InChI=1S/C13H16F2N2/c14-11-2-1-3-12(13(11)15)17-7-9-4-10(8-17)6-16-5-9/h1-3,9-10,16H,4-8H2. The van der Waals surface area contributed by atoms with Gasteiger partial charge in [-0.15, -0.1) is 0 Å². The molecule has 0 radical (unpaired) electrons. The van der Waals surface area contributed by atoms with Crippen LogP contribution in [0.5, 0.6) is 0 Å². The minimum atomic E-state index is -0.753. The van der Waals surface area contributed by atoms with Gasteiger partial charge in [-0.25, -0.2) is 8.78 Å². The van der Waals surface area contributed by atoms with Gasteiger partial charge in [0.25, 0.3) is 0 Å². The molecule has 4 heteroatoms. The van der Waals surface area contributed by atoms with Gasteiger partial charge in [-0.05, 0) is 43.5 Å². The Hall–Kier alpha value is -1.16. The topological polar surface area (TPSA) is 15.3 Å². The maximum absolute atomic E-state index is 13.7. The van der Waals surface area contributed by atoms with Gasteiger partial charge in [0.05, 0.1) is 5.69 Å². The first-order valence-electron chi connectivity index (χ1n) is 6.13. The molecule has 1 N–H and O–H groups in total. The molecule has 0 aliphatic carbocycles. The lowest BCUT2D eigenvalue weighted by atomic mass is 9.85. The first-order valence-corrected chi connectivity index (χ1v) is 6.13. The molecule has 2 bridgehead atoms. The van der Waals surface area contributed by atoms with Crippen LogP contribution in [0, 0.1) is 23.5 Å². The Balaban J connectivity index is 1.86. The molecule has 2 aliphatic heterocycles. The fourth-order valence-electron chi connectivity index (χ4n) is 3.04. The van der Waals surface area contributed by atoms with Gasteiger partial charge in [-0.2, -0.15) is 0 Å². The van der Waals surface area contributed by atoms with E-state index in [2.05, 4.69) is 5.32 Å². The van der Waals surface area contributed by atoms with Crippen LogP contribution in [0.25, 0.3) is 0 Å². The van der Waals surface area contributed by atoms with Gasteiger partial charge in [0.15, 0.2) is 11.6 Å². The molecule has 0 saturated carbocycles. The third-order valence-electron chi connectivity index (χ3n) is 3.76. The second-order valence-corrected chi connectivity index (χ2v) is 5.10. The Kier molecular flexibility index (Phi) is 2.74. The normalized spacial score (nSPS) is 28.2. The van der Waals surface area contributed by atoms with E-state index in [4.69, 9.17) is 0 Å². The summed E-state index contributed by atoms with van der Waals surface area (Å²) in [5, 5.41) is 3.39. The van der Waals surface area contributed by atoms with E-state index in [9.17, 15) is 8.78 Å². The number of fused-ring (bicyclic) bond motifs is 2. The van der Waals surface area contributed by atoms with Gasteiger partial charge in [-0.1, -0.05) is 6.07 Å². The molecule has 0 amide bonds. The van der Waals surface area contributed by atoms with Crippen molar-refractivity contribution in [2.75, 3.05) is 31.1 Å². The van der Waals surface area contributed by atoms with Gasteiger partial charge in [0.1, 0.15) is 0 Å². The van der Waals surface area contributed by atoms with Gasteiger partial charge >= 0.3 is 0 Å². The lowest BCUT2D eigenvalue weighted by Gasteiger charge is -2.42. The molecule has 2 aliphatic rings. The zero-order chi connectivity index (χ0) is 11.8. The molecule has 1 aromatic carbocycles. The number of hydrogen-bond donors (Lipinski definition) is 1. The van der Waals surface area contributed by atoms with Crippen molar-refractivity contribution in [1.29, 1.82) is 0 Å². The summed E-state index contributed by atoms with van der Waals surface area (Å²) < 4.78 is 26.9. The fraction of sp³-hybridized carbons (Fsp3) is 0.538. The number of hydrogen-bond acceptors (Lipinski definition) is 2. The van der Waals surface area contributed by atoms with E-state index in [1.807, 2.05) is 4.90 Å². The van der Waals surface area contributed by atoms with Crippen molar-refractivity contribution >= 4 is 5.69 Å². The highest BCUT2D eigenvalue weighted by Crippen LogP contribution is 2.30. The maximum atomic E-state index is 13.7. The lowest BCUT2D eigenvalue weighted by Crippen LogP contribution is -2.51.